The van der Waals surface area contributed by atoms with Crippen LogP contribution in [0.15, 0.2) is 66.7 Å². The van der Waals surface area contributed by atoms with Crippen LogP contribution in [0.25, 0.3) is 0 Å². The standard InChI is InChI=1S/C27H28N4O3/c1-20-6-8-22(9-7-20)27(32)29-16-14-28(15-17-29)24-10-11-25(31(33)34)26(18-24)30-13-12-21-4-2-3-5-23(21)19-30/h2-11,18H,12-17,19H2,1H3. The molecular weight excluding hydrogens is 428 g/mol. The first kappa shape index (κ1) is 21.9. The Bertz CT molecular complexity index is 1220. The molecule has 7 nitrogen and oxygen atoms in total. The van der Waals surface area contributed by atoms with Crippen LogP contribution in [0.4, 0.5) is 17.1 Å². The fraction of sp³-hybridized carbons (Fsp3) is 0.296. The molecule has 3 aromatic carbocycles. The number of hydrogen-bond donors (Lipinski definition) is 0. The van der Waals surface area contributed by atoms with Crippen LogP contribution < -0.4 is 9.80 Å². The predicted octanol–water partition coefficient (Wildman–Crippen LogP) is 4.43. The number of carbonyl (C=O) groups excluding carboxylic acids is 1. The van der Waals surface area contributed by atoms with Crippen LogP contribution in [0.3, 0.4) is 0 Å². The highest BCUT2D eigenvalue weighted by Gasteiger charge is 2.27. The number of nitro groups is 1. The molecule has 5 rings (SSSR count). The molecule has 174 valence electrons. The van der Waals surface area contributed by atoms with Crippen molar-refractivity contribution >= 4 is 23.0 Å². The van der Waals surface area contributed by atoms with E-state index in [1.54, 1.807) is 6.07 Å². The Morgan fingerprint density at radius 2 is 1.56 bits per heavy atom. The second-order valence-electron chi connectivity index (χ2n) is 9.02. The highest BCUT2D eigenvalue weighted by molar-refractivity contribution is 5.94. The van der Waals surface area contributed by atoms with E-state index in [1.807, 2.05) is 60.4 Å². The zero-order valence-corrected chi connectivity index (χ0v) is 19.3. The lowest BCUT2D eigenvalue weighted by molar-refractivity contribution is -0.384. The highest BCUT2D eigenvalue weighted by atomic mass is 16.6. The van der Waals surface area contributed by atoms with E-state index in [-0.39, 0.29) is 16.5 Å². The van der Waals surface area contributed by atoms with Gasteiger partial charge in [0.2, 0.25) is 0 Å². The Balaban J connectivity index is 1.33. The molecule has 1 fully saturated rings. The molecule has 7 heteroatoms. The van der Waals surface area contributed by atoms with Gasteiger partial charge in [-0.15, -0.1) is 0 Å². The third kappa shape index (κ3) is 4.33. The van der Waals surface area contributed by atoms with Crippen molar-refractivity contribution in [2.45, 2.75) is 19.9 Å². The van der Waals surface area contributed by atoms with E-state index in [0.717, 1.165) is 24.2 Å². The van der Waals surface area contributed by atoms with Gasteiger partial charge in [0.15, 0.2) is 0 Å². The van der Waals surface area contributed by atoms with Gasteiger partial charge in [-0.1, -0.05) is 42.0 Å². The molecule has 1 amide bonds. The summed E-state index contributed by atoms with van der Waals surface area (Å²) in [6, 6.07) is 21.4. The normalized spacial score (nSPS) is 15.7. The summed E-state index contributed by atoms with van der Waals surface area (Å²) in [6.45, 7) is 6.05. The lowest BCUT2D eigenvalue weighted by Gasteiger charge is -2.37. The molecule has 0 aliphatic carbocycles. The van der Waals surface area contributed by atoms with Gasteiger partial charge in [0.25, 0.3) is 11.6 Å². The van der Waals surface area contributed by atoms with E-state index in [2.05, 4.69) is 21.9 Å². The minimum absolute atomic E-state index is 0.0519. The van der Waals surface area contributed by atoms with Crippen LogP contribution in [-0.4, -0.2) is 48.5 Å². The molecule has 0 saturated carbocycles. The fourth-order valence-corrected chi connectivity index (χ4v) is 4.86. The Morgan fingerprint density at radius 3 is 2.26 bits per heavy atom. The summed E-state index contributed by atoms with van der Waals surface area (Å²) in [7, 11) is 0. The summed E-state index contributed by atoms with van der Waals surface area (Å²) in [4.78, 5) is 30.6. The third-order valence-electron chi connectivity index (χ3n) is 6.86. The van der Waals surface area contributed by atoms with Gasteiger partial charge >= 0.3 is 0 Å². The minimum atomic E-state index is -0.294. The van der Waals surface area contributed by atoms with Gasteiger partial charge in [0.1, 0.15) is 5.69 Å². The number of nitrogens with zero attached hydrogens (tertiary/aromatic N) is 4. The summed E-state index contributed by atoms with van der Waals surface area (Å²) in [5.74, 6) is 0.0519. The molecule has 1 saturated heterocycles. The monoisotopic (exact) mass is 456 g/mol. The van der Waals surface area contributed by atoms with Crippen LogP contribution in [-0.2, 0) is 13.0 Å². The summed E-state index contributed by atoms with van der Waals surface area (Å²) in [5.41, 5.74) is 6.13. The molecule has 0 unspecified atom stereocenters. The minimum Gasteiger partial charge on any atom is -0.368 e. The molecule has 0 spiro atoms. The number of carbonyl (C=O) groups is 1. The van der Waals surface area contributed by atoms with Gasteiger partial charge in [-0.2, -0.15) is 0 Å². The number of aryl methyl sites for hydroxylation is 1. The molecule has 0 N–H and O–H groups in total. The van der Waals surface area contributed by atoms with Gasteiger partial charge in [-0.25, -0.2) is 0 Å². The van der Waals surface area contributed by atoms with Crippen molar-refractivity contribution in [2.24, 2.45) is 0 Å². The molecule has 2 heterocycles. The smallest absolute Gasteiger partial charge is 0.292 e. The molecular formula is C27H28N4O3. The molecule has 2 aliphatic heterocycles. The molecule has 0 aromatic heterocycles. The number of fused-ring (bicyclic) bond motifs is 1. The zero-order chi connectivity index (χ0) is 23.7. The lowest BCUT2D eigenvalue weighted by atomic mass is 9.99. The van der Waals surface area contributed by atoms with Crippen molar-refractivity contribution in [3.8, 4) is 0 Å². The van der Waals surface area contributed by atoms with Crippen LogP contribution in [0.1, 0.15) is 27.0 Å². The SMILES string of the molecule is Cc1ccc(C(=O)N2CCN(c3ccc([N+](=O)[O-])c(N4CCc5ccccc5C4)c3)CC2)cc1. The topological polar surface area (TPSA) is 69.9 Å². The first-order valence-corrected chi connectivity index (χ1v) is 11.7. The number of amides is 1. The zero-order valence-electron chi connectivity index (χ0n) is 19.3. The van der Waals surface area contributed by atoms with E-state index in [4.69, 9.17) is 0 Å². The molecule has 2 aliphatic rings. The maximum atomic E-state index is 12.9. The lowest BCUT2D eigenvalue weighted by Crippen LogP contribution is -2.48. The van der Waals surface area contributed by atoms with Crippen molar-refractivity contribution in [2.75, 3.05) is 42.5 Å². The van der Waals surface area contributed by atoms with Crippen molar-refractivity contribution in [1.82, 2.24) is 4.90 Å². The van der Waals surface area contributed by atoms with Gasteiger partial charge in [0.05, 0.1) is 4.92 Å². The summed E-state index contributed by atoms with van der Waals surface area (Å²) >= 11 is 0. The number of anilines is 2. The van der Waals surface area contributed by atoms with Crippen molar-refractivity contribution in [1.29, 1.82) is 0 Å². The largest absolute Gasteiger partial charge is 0.368 e. The van der Waals surface area contributed by atoms with Crippen molar-refractivity contribution in [3.05, 3.63) is 99.1 Å². The summed E-state index contributed by atoms with van der Waals surface area (Å²) < 4.78 is 0. The third-order valence-corrected chi connectivity index (χ3v) is 6.86. The first-order valence-electron chi connectivity index (χ1n) is 11.7. The first-order chi connectivity index (χ1) is 16.5. The summed E-state index contributed by atoms with van der Waals surface area (Å²) in [5, 5.41) is 11.8. The second-order valence-corrected chi connectivity index (χ2v) is 9.02. The quantitative estimate of drug-likeness (QED) is 0.429. The maximum Gasteiger partial charge on any atom is 0.292 e. The van der Waals surface area contributed by atoms with E-state index in [9.17, 15) is 14.9 Å². The number of piperazine rings is 1. The molecule has 34 heavy (non-hydrogen) atoms. The molecule has 0 bridgehead atoms. The van der Waals surface area contributed by atoms with Crippen LogP contribution in [0.5, 0.6) is 0 Å². The second kappa shape index (κ2) is 9.17. The van der Waals surface area contributed by atoms with Gasteiger partial charge in [0, 0.05) is 56.6 Å². The highest BCUT2D eigenvalue weighted by Crippen LogP contribution is 2.35. The average molecular weight is 457 g/mol. The van der Waals surface area contributed by atoms with Crippen LogP contribution in [0.2, 0.25) is 0 Å². The number of hydrogen-bond acceptors (Lipinski definition) is 5. The van der Waals surface area contributed by atoms with Gasteiger partial charge in [-0.05, 0) is 48.7 Å². The van der Waals surface area contributed by atoms with E-state index < -0.39 is 0 Å². The maximum absolute atomic E-state index is 12.9. The number of nitro benzene ring substituents is 1. The number of benzene rings is 3. The predicted molar refractivity (Wildman–Crippen MR) is 134 cm³/mol. The molecule has 0 atom stereocenters. The van der Waals surface area contributed by atoms with Crippen LogP contribution in [0, 0.1) is 17.0 Å². The molecule has 0 radical (unpaired) electrons. The average Bonchev–Trinajstić information content (AvgIpc) is 2.88. The Kier molecular flexibility index (Phi) is 5.92. The van der Waals surface area contributed by atoms with E-state index in [1.165, 1.54) is 11.1 Å². The van der Waals surface area contributed by atoms with Gasteiger partial charge in [-0.3, -0.25) is 14.9 Å². The fourth-order valence-electron chi connectivity index (χ4n) is 4.86. The van der Waals surface area contributed by atoms with Crippen molar-refractivity contribution < 1.29 is 9.72 Å². The Morgan fingerprint density at radius 1 is 0.853 bits per heavy atom. The van der Waals surface area contributed by atoms with E-state index >= 15 is 0 Å². The summed E-state index contributed by atoms with van der Waals surface area (Å²) in [6.07, 6.45) is 0.872. The Labute approximate surface area is 199 Å². The van der Waals surface area contributed by atoms with Crippen molar-refractivity contribution in [3.63, 3.8) is 0 Å². The van der Waals surface area contributed by atoms with Crippen LogP contribution >= 0.6 is 0 Å². The van der Waals surface area contributed by atoms with Gasteiger partial charge < -0.3 is 14.7 Å². The molecule has 3 aromatic rings. The van der Waals surface area contributed by atoms with E-state index in [0.29, 0.717) is 44.0 Å². The number of rotatable bonds is 4. The Hall–Kier alpha value is -3.87.